The molecule has 0 fully saturated rings. The normalized spacial score (nSPS) is 13.8. The first-order valence-corrected chi connectivity index (χ1v) is 8.55. The lowest BCUT2D eigenvalue weighted by Gasteiger charge is -2.11. The van der Waals surface area contributed by atoms with Crippen LogP contribution in [0.5, 0.6) is 0 Å². The van der Waals surface area contributed by atoms with Gasteiger partial charge in [-0.1, -0.05) is 6.92 Å². The van der Waals surface area contributed by atoms with Crippen LogP contribution in [-0.4, -0.2) is 38.0 Å². The first kappa shape index (κ1) is 17.5. The molecule has 0 unspecified atom stereocenters. The predicted molar refractivity (Wildman–Crippen MR) is 81.9 cm³/mol. The third kappa shape index (κ3) is 6.14. The highest BCUT2D eigenvalue weighted by molar-refractivity contribution is 7.88. The molecule has 0 saturated heterocycles. The van der Waals surface area contributed by atoms with Crippen LogP contribution in [0.1, 0.15) is 31.8 Å². The molecule has 21 heavy (non-hydrogen) atoms. The molecule has 118 valence electrons. The van der Waals surface area contributed by atoms with Gasteiger partial charge in [-0.05, 0) is 31.6 Å². The largest absolute Gasteiger partial charge is 0.460 e. The second-order valence-corrected chi connectivity index (χ2v) is 7.06. The Balaban J connectivity index is 2.61. The third-order valence-electron chi connectivity index (χ3n) is 3.03. The molecule has 6 nitrogen and oxygen atoms in total. The van der Waals surface area contributed by atoms with E-state index in [9.17, 15) is 13.2 Å². The number of hydrogen-bond donors (Lipinski definition) is 1. The van der Waals surface area contributed by atoms with Crippen molar-refractivity contribution in [1.29, 1.82) is 0 Å². The molecule has 0 aliphatic rings. The van der Waals surface area contributed by atoms with Gasteiger partial charge in [0.15, 0.2) is 0 Å². The van der Waals surface area contributed by atoms with Crippen LogP contribution in [0.4, 0.5) is 0 Å². The summed E-state index contributed by atoms with van der Waals surface area (Å²) in [6, 6.07) is 3.50. The van der Waals surface area contributed by atoms with E-state index < -0.39 is 10.0 Å². The lowest BCUT2D eigenvalue weighted by Crippen LogP contribution is -2.30. The molecule has 0 spiro atoms. The molecule has 0 saturated carbocycles. The topological polar surface area (TPSA) is 79.6 Å². The maximum Gasteiger partial charge on any atom is 0.244 e. The maximum absolute atomic E-state index is 11.6. The van der Waals surface area contributed by atoms with Gasteiger partial charge < -0.3 is 9.73 Å². The Morgan fingerprint density at radius 2 is 2.14 bits per heavy atom. The fraction of sp³-hybridized carbons (Fsp3) is 0.500. The Labute approximate surface area is 125 Å². The van der Waals surface area contributed by atoms with Crippen molar-refractivity contribution in [2.45, 2.75) is 32.9 Å². The molecular formula is C14H22N2O4S. The summed E-state index contributed by atoms with van der Waals surface area (Å²) in [5.74, 6) is 0.840. The zero-order valence-electron chi connectivity index (χ0n) is 12.8. The van der Waals surface area contributed by atoms with E-state index in [1.165, 1.54) is 17.4 Å². The summed E-state index contributed by atoms with van der Waals surface area (Å²) in [5, 5.41) is 2.80. The number of rotatable bonds is 7. The molecule has 0 aliphatic heterocycles. The molecule has 0 aromatic carbocycles. The van der Waals surface area contributed by atoms with Gasteiger partial charge >= 0.3 is 0 Å². The summed E-state index contributed by atoms with van der Waals surface area (Å²) in [4.78, 5) is 11.6. The van der Waals surface area contributed by atoms with Crippen LogP contribution in [0.3, 0.4) is 0 Å². The molecule has 7 heteroatoms. The Hall–Kier alpha value is -1.60. The minimum Gasteiger partial charge on any atom is -0.460 e. The summed E-state index contributed by atoms with van der Waals surface area (Å²) in [6.45, 7) is 4.08. The first-order chi connectivity index (χ1) is 9.72. The summed E-state index contributed by atoms with van der Waals surface area (Å²) < 4.78 is 29.3. The third-order valence-corrected chi connectivity index (χ3v) is 4.29. The van der Waals surface area contributed by atoms with Crippen molar-refractivity contribution >= 4 is 22.0 Å². The molecule has 0 radical (unpaired) electrons. The number of sulfonamides is 1. The highest BCUT2D eigenvalue weighted by Crippen LogP contribution is 2.12. The Morgan fingerprint density at radius 3 is 2.71 bits per heavy atom. The summed E-state index contributed by atoms with van der Waals surface area (Å²) in [7, 11) is -1.76. The van der Waals surface area contributed by atoms with E-state index in [4.69, 9.17) is 4.42 Å². The van der Waals surface area contributed by atoms with Crippen molar-refractivity contribution in [3.8, 4) is 0 Å². The van der Waals surface area contributed by atoms with Crippen molar-refractivity contribution in [3.63, 3.8) is 0 Å². The zero-order chi connectivity index (χ0) is 16.0. The number of amides is 1. The highest BCUT2D eigenvalue weighted by atomic mass is 32.2. The monoisotopic (exact) mass is 314 g/mol. The van der Waals surface area contributed by atoms with E-state index in [-0.39, 0.29) is 18.5 Å². The maximum atomic E-state index is 11.6. The minimum atomic E-state index is -3.24. The van der Waals surface area contributed by atoms with E-state index in [1.807, 2.05) is 13.8 Å². The number of nitrogens with one attached hydrogen (secondary N) is 1. The fourth-order valence-corrected chi connectivity index (χ4v) is 1.82. The van der Waals surface area contributed by atoms with Crippen LogP contribution in [0, 0.1) is 0 Å². The zero-order valence-corrected chi connectivity index (χ0v) is 13.6. The number of nitrogens with zero attached hydrogens (tertiary/aromatic N) is 1. The Kier molecular flexibility index (Phi) is 6.17. The average Bonchev–Trinajstić information content (AvgIpc) is 2.82. The van der Waals surface area contributed by atoms with Crippen LogP contribution in [0.25, 0.3) is 6.08 Å². The van der Waals surface area contributed by atoms with Crippen LogP contribution in [-0.2, 0) is 21.4 Å². The molecule has 1 N–H and O–H groups in total. The second-order valence-electron chi connectivity index (χ2n) is 4.97. The molecule has 1 atom stereocenters. The van der Waals surface area contributed by atoms with Crippen molar-refractivity contribution in [1.82, 2.24) is 9.62 Å². The van der Waals surface area contributed by atoms with Gasteiger partial charge in [0.25, 0.3) is 0 Å². The van der Waals surface area contributed by atoms with Crippen molar-refractivity contribution < 1.29 is 17.6 Å². The molecule has 0 aliphatic carbocycles. The van der Waals surface area contributed by atoms with Gasteiger partial charge in [-0.15, -0.1) is 0 Å². The van der Waals surface area contributed by atoms with Gasteiger partial charge in [-0.25, -0.2) is 8.42 Å². The molecule has 1 aromatic rings. The van der Waals surface area contributed by atoms with Gasteiger partial charge in [0.1, 0.15) is 11.5 Å². The number of hydrogen-bond acceptors (Lipinski definition) is 4. The molecule has 1 aromatic heterocycles. The highest BCUT2D eigenvalue weighted by Gasteiger charge is 2.13. The average molecular weight is 314 g/mol. The Bertz CT molecular complexity index is 604. The fourth-order valence-electron chi connectivity index (χ4n) is 1.46. The summed E-state index contributed by atoms with van der Waals surface area (Å²) >= 11 is 0. The van der Waals surface area contributed by atoms with E-state index in [1.54, 1.807) is 18.2 Å². The summed E-state index contributed by atoms with van der Waals surface area (Å²) in [6.07, 6.45) is 4.95. The summed E-state index contributed by atoms with van der Waals surface area (Å²) in [5.41, 5.74) is 0. The van der Waals surface area contributed by atoms with Crippen LogP contribution < -0.4 is 5.32 Å². The van der Waals surface area contributed by atoms with Crippen molar-refractivity contribution in [2.75, 3.05) is 13.3 Å². The molecule has 1 amide bonds. The van der Waals surface area contributed by atoms with E-state index >= 15 is 0 Å². The van der Waals surface area contributed by atoms with Crippen LogP contribution in [0.15, 0.2) is 22.6 Å². The van der Waals surface area contributed by atoms with Gasteiger partial charge in [-0.2, -0.15) is 4.31 Å². The van der Waals surface area contributed by atoms with Crippen molar-refractivity contribution in [3.05, 3.63) is 29.7 Å². The first-order valence-electron chi connectivity index (χ1n) is 6.71. The lowest BCUT2D eigenvalue weighted by atomic mass is 10.2. The molecule has 1 rings (SSSR count). The van der Waals surface area contributed by atoms with E-state index in [0.717, 1.165) is 12.7 Å². The smallest absolute Gasteiger partial charge is 0.244 e. The Morgan fingerprint density at radius 1 is 1.48 bits per heavy atom. The van der Waals surface area contributed by atoms with Crippen LogP contribution in [0.2, 0.25) is 0 Å². The molecule has 1 heterocycles. The number of furan rings is 1. The van der Waals surface area contributed by atoms with Gasteiger partial charge in [0.2, 0.25) is 15.9 Å². The minimum absolute atomic E-state index is 0.123. The van der Waals surface area contributed by atoms with Gasteiger partial charge in [0, 0.05) is 19.2 Å². The number of carbonyl (C=O) groups excluding carboxylic acids is 1. The number of carbonyl (C=O) groups is 1. The second kappa shape index (κ2) is 7.42. The predicted octanol–water partition coefficient (Wildman–Crippen LogP) is 1.60. The van der Waals surface area contributed by atoms with Crippen molar-refractivity contribution in [2.24, 2.45) is 0 Å². The van der Waals surface area contributed by atoms with Gasteiger partial charge in [0.05, 0.1) is 12.8 Å². The standard InChI is InChI=1S/C14H22N2O4S/c1-5-11(2)15-14(17)9-8-12-6-7-13(20-12)10-16(3)21(4,18)19/h6-9,11H,5,10H2,1-4H3,(H,15,17)/b9-8+/t11-/m1/s1. The van der Waals surface area contributed by atoms with Crippen LogP contribution >= 0.6 is 0 Å². The molecule has 0 bridgehead atoms. The lowest BCUT2D eigenvalue weighted by molar-refractivity contribution is -0.117. The van der Waals surface area contributed by atoms with E-state index in [2.05, 4.69) is 5.32 Å². The SMILES string of the molecule is CC[C@@H](C)NC(=O)/C=C/c1ccc(CN(C)S(C)(=O)=O)o1. The van der Waals surface area contributed by atoms with Gasteiger partial charge in [-0.3, -0.25) is 4.79 Å². The quantitative estimate of drug-likeness (QED) is 0.775. The molecular weight excluding hydrogens is 292 g/mol. The van der Waals surface area contributed by atoms with E-state index in [0.29, 0.717) is 11.5 Å².